The van der Waals surface area contributed by atoms with Gasteiger partial charge in [-0.15, -0.1) is 0 Å². The molecule has 0 saturated carbocycles. The molecule has 0 spiro atoms. The van der Waals surface area contributed by atoms with Crippen molar-refractivity contribution in [2.75, 3.05) is 13.2 Å². The molecule has 0 saturated heterocycles. The summed E-state index contributed by atoms with van der Waals surface area (Å²) in [5.74, 6) is 1.82. The molecule has 0 fully saturated rings. The number of nitrogens with two attached hydrogens (primary N) is 1. The molecule has 2 rings (SSSR count). The van der Waals surface area contributed by atoms with Crippen molar-refractivity contribution in [1.82, 2.24) is 0 Å². The van der Waals surface area contributed by atoms with Gasteiger partial charge in [-0.05, 0) is 61.4 Å². The minimum absolute atomic E-state index is 0.348. The number of rotatable bonds is 7. The first-order valence-electron chi connectivity index (χ1n) is 8.51. The topological polar surface area (TPSA) is 35.2 Å². The van der Waals surface area contributed by atoms with Crippen molar-refractivity contribution in [3.63, 3.8) is 0 Å². The van der Waals surface area contributed by atoms with Crippen LogP contribution in [-0.4, -0.2) is 13.2 Å². The Hall–Kier alpha value is -1.80. The third-order valence-electron chi connectivity index (χ3n) is 4.42. The van der Waals surface area contributed by atoms with Crippen LogP contribution in [0.4, 0.5) is 0 Å². The maximum atomic E-state index is 6.07. The minimum Gasteiger partial charge on any atom is -0.493 e. The summed E-state index contributed by atoms with van der Waals surface area (Å²) in [5.41, 5.74) is 11.2. The summed E-state index contributed by atoms with van der Waals surface area (Å²) in [6, 6.07) is 14.9. The third-order valence-corrected chi connectivity index (χ3v) is 4.42. The third kappa shape index (κ3) is 4.59. The molecule has 2 aromatic rings. The molecular formula is C21H29NO. The highest BCUT2D eigenvalue weighted by Gasteiger charge is 2.14. The Balaban J connectivity index is 2.03. The van der Waals surface area contributed by atoms with Gasteiger partial charge in [0.15, 0.2) is 0 Å². The summed E-state index contributed by atoms with van der Waals surface area (Å²) in [5, 5.41) is 0. The van der Waals surface area contributed by atoms with Crippen molar-refractivity contribution in [3.8, 4) is 5.75 Å². The van der Waals surface area contributed by atoms with Crippen LogP contribution in [0.1, 0.15) is 54.4 Å². The van der Waals surface area contributed by atoms with Crippen molar-refractivity contribution in [2.24, 2.45) is 5.73 Å². The zero-order chi connectivity index (χ0) is 16.8. The summed E-state index contributed by atoms with van der Waals surface area (Å²) >= 11 is 0. The average Bonchev–Trinajstić information content (AvgIpc) is 2.54. The normalized spacial score (nSPS) is 12.4. The first-order chi connectivity index (χ1) is 11.0. The molecule has 0 aromatic heterocycles. The Morgan fingerprint density at radius 2 is 1.74 bits per heavy atom. The Bertz CT molecular complexity index is 633. The van der Waals surface area contributed by atoms with E-state index < -0.39 is 0 Å². The number of ether oxygens (including phenoxy) is 1. The van der Waals surface area contributed by atoms with E-state index in [9.17, 15) is 0 Å². The molecule has 1 atom stereocenters. The van der Waals surface area contributed by atoms with Crippen LogP contribution in [0.15, 0.2) is 42.5 Å². The van der Waals surface area contributed by atoms with E-state index in [4.69, 9.17) is 10.5 Å². The minimum atomic E-state index is 0.348. The Morgan fingerprint density at radius 1 is 1.00 bits per heavy atom. The van der Waals surface area contributed by atoms with E-state index >= 15 is 0 Å². The fourth-order valence-electron chi connectivity index (χ4n) is 3.00. The average molecular weight is 311 g/mol. The number of aryl methyl sites for hydroxylation is 2. The predicted molar refractivity (Wildman–Crippen MR) is 98.4 cm³/mol. The lowest BCUT2D eigenvalue weighted by Crippen LogP contribution is -2.17. The SMILES string of the molecule is Cc1ccc(C)c(C(CN)CCOc2ccccc2C(C)C)c1. The van der Waals surface area contributed by atoms with E-state index in [1.165, 1.54) is 22.3 Å². The van der Waals surface area contributed by atoms with Gasteiger partial charge in [-0.3, -0.25) is 0 Å². The molecule has 0 heterocycles. The van der Waals surface area contributed by atoms with Gasteiger partial charge in [-0.25, -0.2) is 0 Å². The number of para-hydroxylation sites is 1. The molecule has 23 heavy (non-hydrogen) atoms. The van der Waals surface area contributed by atoms with Gasteiger partial charge in [-0.2, -0.15) is 0 Å². The quantitative estimate of drug-likeness (QED) is 0.786. The number of benzene rings is 2. The molecule has 2 nitrogen and oxygen atoms in total. The van der Waals surface area contributed by atoms with E-state index in [1.807, 2.05) is 6.07 Å². The highest BCUT2D eigenvalue weighted by Crippen LogP contribution is 2.28. The molecule has 0 amide bonds. The summed E-state index contributed by atoms with van der Waals surface area (Å²) in [6.45, 7) is 10.0. The second-order valence-electron chi connectivity index (χ2n) is 6.62. The zero-order valence-corrected chi connectivity index (χ0v) is 14.8. The molecule has 0 radical (unpaired) electrons. The van der Waals surface area contributed by atoms with E-state index in [0.29, 0.717) is 25.0 Å². The van der Waals surface area contributed by atoms with Crippen molar-refractivity contribution in [1.29, 1.82) is 0 Å². The van der Waals surface area contributed by atoms with Gasteiger partial charge in [0.2, 0.25) is 0 Å². The molecule has 2 heteroatoms. The lowest BCUT2D eigenvalue weighted by molar-refractivity contribution is 0.294. The standard InChI is InChI=1S/C21H29NO/c1-15(2)19-7-5-6-8-21(19)23-12-11-18(14-22)20-13-16(3)9-10-17(20)4/h5-10,13,15,18H,11-12,14,22H2,1-4H3. The van der Waals surface area contributed by atoms with Crippen LogP contribution >= 0.6 is 0 Å². The van der Waals surface area contributed by atoms with Gasteiger partial charge in [0, 0.05) is 0 Å². The molecule has 0 aliphatic heterocycles. The van der Waals surface area contributed by atoms with Gasteiger partial charge in [0.25, 0.3) is 0 Å². The lowest BCUT2D eigenvalue weighted by atomic mass is 9.91. The molecule has 1 unspecified atom stereocenters. The molecule has 0 aliphatic carbocycles. The Kier molecular flexibility index (Phi) is 6.23. The van der Waals surface area contributed by atoms with Gasteiger partial charge >= 0.3 is 0 Å². The van der Waals surface area contributed by atoms with Gasteiger partial charge in [-0.1, -0.05) is 55.8 Å². The monoisotopic (exact) mass is 311 g/mol. The zero-order valence-electron chi connectivity index (χ0n) is 14.8. The largest absolute Gasteiger partial charge is 0.493 e. The Morgan fingerprint density at radius 3 is 2.43 bits per heavy atom. The van der Waals surface area contributed by atoms with Crippen LogP contribution < -0.4 is 10.5 Å². The fourth-order valence-corrected chi connectivity index (χ4v) is 3.00. The van der Waals surface area contributed by atoms with Gasteiger partial charge in [0.1, 0.15) is 5.75 Å². The molecule has 0 bridgehead atoms. The Labute approximate surface area is 140 Å². The van der Waals surface area contributed by atoms with E-state index in [0.717, 1.165) is 12.2 Å². The summed E-state index contributed by atoms with van der Waals surface area (Å²) in [6.07, 6.45) is 0.938. The number of hydrogen-bond acceptors (Lipinski definition) is 2. The lowest BCUT2D eigenvalue weighted by Gasteiger charge is -2.20. The van der Waals surface area contributed by atoms with Crippen LogP contribution in [-0.2, 0) is 0 Å². The van der Waals surface area contributed by atoms with Crippen molar-refractivity contribution < 1.29 is 4.74 Å². The van der Waals surface area contributed by atoms with E-state index in [1.54, 1.807) is 0 Å². The maximum Gasteiger partial charge on any atom is 0.122 e. The molecule has 0 aliphatic rings. The number of hydrogen-bond donors (Lipinski definition) is 1. The summed E-state index contributed by atoms with van der Waals surface area (Å²) < 4.78 is 6.07. The van der Waals surface area contributed by atoms with Crippen LogP contribution in [0.25, 0.3) is 0 Å². The van der Waals surface area contributed by atoms with E-state index in [2.05, 4.69) is 64.1 Å². The molecule has 2 aromatic carbocycles. The first kappa shape index (κ1) is 17.6. The van der Waals surface area contributed by atoms with Crippen LogP contribution in [0.2, 0.25) is 0 Å². The van der Waals surface area contributed by atoms with Crippen LogP contribution in [0.5, 0.6) is 5.75 Å². The van der Waals surface area contributed by atoms with Crippen molar-refractivity contribution in [2.45, 2.75) is 46.0 Å². The van der Waals surface area contributed by atoms with Gasteiger partial charge < -0.3 is 10.5 Å². The van der Waals surface area contributed by atoms with Gasteiger partial charge in [0.05, 0.1) is 6.61 Å². The van der Waals surface area contributed by atoms with Crippen LogP contribution in [0.3, 0.4) is 0 Å². The highest BCUT2D eigenvalue weighted by atomic mass is 16.5. The smallest absolute Gasteiger partial charge is 0.122 e. The molecule has 2 N–H and O–H groups in total. The molecular weight excluding hydrogens is 282 g/mol. The molecule has 124 valence electrons. The van der Waals surface area contributed by atoms with Crippen molar-refractivity contribution in [3.05, 3.63) is 64.7 Å². The second kappa shape index (κ2) is 8.16. The maximum absolute atomic E-state index is 6.07. The van der Waals surface area contributed by atoms with E-state index in [-0.39, 0.29) is 0 Å². The predicted octanol–water partition coefficient (Wildman–Crippen LogP) is 4.94. The van der Waals surface area contributed by atoms with Crippen LogP contribution in [0, 0.1) is 13.8 Å². The first-order valence-corrected chi connectivity index (χ1v) is 8.51. The highest BCUT2D eigenvalue weighted by molar-refractivity contribution is 5.36. The summed E-state index contributed by atoms with van der Waals surface area (Å²) in [4.78, 5) is 0. The summed E-state index contributed by atoms with van der Waals surface area (Å²) in [7, 11) is 0. The second-order valence-corrected chi connectivity index (χ2v) is 6.62. The van der Waals surface area contributed by atoms with Crippen molar-refractivity contribution >= 4 is 0 Å². The fraction of sp³-hybridized carbons (Fsp3) is 0.429.